The van der Waals surface area contributed by atoms with Crippen LogP contribution in [0, 0.1) is 0 Å². The van der Waals surface area contributed by atoms with E-state index < -0.39 is 11.9 Å². The molecule has 1 saturated heterocycles. The first kappa shape index (κ1) is 24.9. The molecule has 0 aliphatic carbocycles. The minimum absolute atomic E-state index is 0.0294. The Morgan fingerprint density at radius 2 is 1.49 bits per heavy atom. The van der Waals surface area contributed by atoms with Crippen molar-refractivity contribution in [1.82, 2.24) is 9.80 Å². The molecule has 3 amide bonds. The summed E-state index contributed by atoms with van der Waals surface area (Å²) in [6.45, 7) is 2.25. The molecular formula is C26H29ClN5O3+. The number of likely N-dealkylation sites (tertiary alicyclic amines) is 1. The largest absolute Gasteiger partial charge is 0.446 e. The molecule has 9 heteroatoms. The number of ether oxygens (including phenoxy) is 1. The van der Waals surface area contributed by atoms with Crippen molar-refractivity contribution in [1.29, 1.82) is 0 Å². The number of hydrogen-bond acceptors (Lipinski definition) is 6. The van der Waals surface area contributed by atoms with Gasteiger partial charge in [-0.1, -0.05) is 65.7 Å². The molecule has 3 aliphatic rings. The Morgan fingerprint density at radius 1 is 0.943 bits per heavy atom. The third-order valence-electron chi connectivity index (χ3n) is 6.21. The number of hydrogen-bond donors (Lipinski definition) is 0. The Labute approximate surface area is 210 Å². The van der Waals surface area contributed by atoms with Gasteiger partial charge in [0.05, 0.1) is 20.2 Å². The molecule has 0 spiro atoms. The van der Waals surface area contributed by atoms with Crippen molar-refractivity contribution < 1.29 is 18.9 Å². The van der Waals surface area contributed by atoms with E-state index in [-0.39, 0.29) is 22.9 Å². The van der Waals surface area contributed by atoms with Crippen LogP contribution in [0.25, 0.3) is 0 Å². The molecule has 0 bridgehead atoms. The number of carbonyl (C=O) groups excluding carboxylic acids is 2. The molecule has 3 aliphatic heterocycles. The first-order valence-corrected chi connectivity index (χ1v) is 11.9. The van der Waals surface area contributed by atoms with Gasteiger partial charge in [0.1, 0.15) is 6.10 Å². The van der Waals surface area contributed by atoms with Gasteiger partial charge in [0.25, 0.3) is 5.29 Å². The number of halogens is 1. The highest BCUT2D eigenvalue weighted by Crippen LogP contribution is 2.29. The Bertz CT molecular complexity index is 1130. The van der Waals surface area contributed by atoms with Gasteiger partial charge in [0, 0.05) is 13.1 Å². The number of imide groups is 1. The molecule has 182 valence electrons. The smallest absolute Gasteiger partial charge is 0.365 e. The third-order valence-corrected chi connectivity index (χ3v) is 6.38. The van der Waals surface area contributed by atoms with Gasteiger partial charge < -0.3 is 9.64 Å². The number of fused-ring (bicyclic) bond motifs is 1. The maximum Gasteiger partial charge on any atom is 0.446 e. The van der Waals surface area contributed by atoms with Crippen LogP contribution in [-0.4, -0.2) is 83.5 Å². The van der Waals surface area contributed by atoms with Gasteiger partial charge in [-0.05, 0) is 42.6 Å². The van der Waals surface area contributed by atoms with Crippen LogP contribution in [0.4, 0.5) is 4.79 Å². The Hall–Kier alpha value is -3.20. The molecular weight excluding hydrogens is 466 g/mol. The highest BCUT2D eigenvalue weighted by atomic mass is 35.5. The van der Waals surface area contributed by atoms with Crippen molar-refractivity contribution in [3.63, 3.8) is 0 Å². The molecule has 2 aromatic carbocycles. The minimum Gasteiger partial charge on any atom is -0.365 e. The van der Waals surface area contributed by atoms with Crippen LogP contribution in [0.1, 0.15) is 30.1 Å². The fraction of sp³-hybridized carbons (Fsp3) is 0.346. The predicted molar refractivity (Wildman–Crippen MR) is 136 cm³/mol. The van der Waals surface area contributed by atoms with E-state index in [1.165, 1.54) is 29.8 Å². The van der Waals surface area contributed by atoms with Gasteiger partial charge in [0.15, 0.2) is 0 Å². The van der Waals surface area contributed by atoms with Gasteiger partial charge in [-0.15, -0.1) is 0 Å². The monoisotopic (exact) mass is 494 g/mol. The van der Waals surface area contributed by atoms with E-state index in [9.17, 15) is 9.59 Å². The zero-order valence-electron chi connectivity index (χ0n) is 20.1. The SMILES string of the molecule is CN1C(=O)C2=NC(Cl)=NC2=[N+](C)C1=O.CN1CCC(OC(c2ccccc2)c2ccccc2)CC1. The van der Waals surface area contributed by atoms with E-state index in [1.807, 2.05) is 0 Å². The van der Waals surface area contributed by atoms with Crippen LogP contribution >= 0.6 is 11.6 Å². The number of carbonyl (C=O) groups is 2. The van der Waals surface area contributed by atoms with Crippen molar-refractivity contribution in [2.24, 2.45) is 9.98 Å². The van der Waals surface area contributed by atoms with Crippen molar-refractivity contribution in [3.05, 3.63) is 71.8 Å². The second-order valence-corrected chi connectivity index (χ2v) is 9.05. The summed E-state index contributed by atoms with van der Waals surface area (Å²) in [7, 11) is 5.07. The maximum absolute atomic E-state index is 11.5. The third kappa shape index (κ3) is 5.73. The molecule has 3 heterocycles. The quantitative estimate of drug-likeness (QED) is 0.481. The summed E-state index contributed by atoms with van der Waals surface area (Å²) in [4.78, 5) is 33.8. The summed E-state index contributed by atoms with van der Waals surface area (Å²) in [6.07, 6.45) is 2.63. The first-order valence-electron chi connectivity index (χ1n) is 11.5. The van der Waals surface area contributed by atoms with Gasteiger partial charge in [-0.2, -0.15) is 14.5 Å². The lowest BCUT2D eigenvalue weighted by molar-refractivity contribution is -0.401. The maximum atomic E-state index is 11.5. The number of amides is 3. The van der Waals surface area contributed by atoms with Crippen LogP contribution in [0.5, 0.6) is 0 Å². The average molecular weight is 495 g/mol. The van der Waals surface area contributed by atoms with E-state index in [2.05, 4.69) is 82.6 Å². The lowest BCUT2D eigenvalue weighted by Crippen LogP contribution is -2.51. The van der Waals surface area contributed by atoms with Crippen LogP contribution < -0.4 is 0 Å². The molecule has 1 fully saturated rings. The molecule has 0 aromatic heterocycles. The number of rotatable bonds is 4. The van der Waals surface area contributed by atoms with E-state index in [0.717, 1.165) is 30.8 Å². The summed E-state index contributed by atoms with van der Waals surface area (Å²) >= 11 is 5.55. The summed E-state index contributed by atoms with van der Waals surface area (Å²) in [5.41, 5.74) is 2.59. The molecule has 8 nitrogen and oxygen atoms in total. The van der Waals surface area contributed by atoms with E-state index in [0.29, 0.717) is 6.10 Å². The predicted octanol–water partition coefficient (Wildman–Crippen LogP) is 3.56. The minimum atomic E-state index is -0.484. The van der Waals surface area contributed by atoms with Gasteiger partial charge >= 0.3 is 17.8 Å². The molecule has 5 rings (SSSR count). The lowest BCUT2D eigenvalue weighted by Gasteiger charge is -2.32. The first-order chi connectivity index (χ1) is 16.8. The normalized spacial score (nSPS) is 18.8. The highest BCUT2D eigenvalue weighted by Gasteiger charge is 2.44. The zero-order chi connectivity index (χ0) is 24.9. The number of piperidine rings is 1. The van der Waals surface area contributed by atoms with Crippen LogP contribution in [0.15, 0.2) is 70.6 Å². The van der Waals surface area contributed by atoms with Gasteiger partial charge in [-0.25, -0.2) is 9.59 Å². The summed E-state index contributed by atoms with van der Waals surface area (Å²) in [5, 5.41) is -0.0294. The average Bonchev–Trinajstić information content (AvgIpc) is 3.29. The summed E-state index contributed by atoms with van der Waals surface area (Å²) < 4.78 is 7.72. The fourth-order valence-corrected chi connectivity index (χ4v) is 4.33. The molecule has 0 unspecified atom stereocenters. The number of aliphatic imine (C=N–C) groups is 2. The fourth-order valence-electron chi connectivity index (χ4n) is 4.16. The molecule has 35 heavy (non-hydrogen) atoms. The lowest BCUT2D eigenvalue weighted by atomic mass is 10.00. The topological polar surface area (TPSA) is 77.6 Å². The second kappa shape index (κ2) is 11.0. The van der Waals surface area contributed by atoms with Crippen LogP contribution in [0.3, 0.4) is 0 Å². The summed E-state index contributed by atoms with van der Waals surface area (Å²) in [5.74, 6) is -0.273. The van der Waals surface area contributed by atoms with E-state index in [4.69, 9.17) is 16.3 Å². The van der Waals surface area contributed by atoms with Crippen molar-refractivity contribution in [3.8, 4) is 0 Å². The number of urea groups is 1. The molecule has 0 saturated carbocycles. The van der Waals surface area contributed by atoms with Crippen molar-refractivity contribution in [2.45, 2.75) is 25.0 Å². The van der Waals surface area contributed by atoms with E-state index >= 15 is 0 Å². The standard InChI is InChI=1S/C19H23NO.C7H6ClN4O2/c1-20-14-12-18(13-15-20)21-19(16-8-4-2-5-9-16)17-10-6-3-7-11-17;1-11-4-3(9-6(8)10-4)5(13)12(2)7(11)14/h2-11,18-19H,12-15H2,1H3;1-2H3/q;+1. The Kier molecular flexibility index (Phi) is 7.85. The molecule has 0 atom stereocenters. The van der Waals surface area contributed by atoms with Crippen LogP contribution in [-0.2, 0) is 9.53 Å². The van der Waals surface area contributed by atoms with E-state index in [1.54, 1.807) is 0 Å². The Morgan fingerprint density at radius 3 is 2.03 bits per heavy atom. The molecule has 0 radical (unpaired) electrons. The zero-order valence-corrected chi connectivity index (χ0v) is 20.9. The number of nitrogens with zero attached hydrogens (tertiary/aromatic N) is 5. The second-order valence-electron chi connectivity index (χ2n) is 8.71. The number of amidine groups is 2. The molecule has 0 N–H and O–H groups in total. The highest BCUT2D eigenvalue weighted by molar-refractivity contribution is 6.78. The van der Waals surface area contributed by atoms with Gasteiger partial charge in [0.2, 0.25) is 5.71 Å². The van der Waals surface area contributed by atoms with Crippen LogP contribution in [0.2, 0.25) is 0 Å². The van der Waals surface area contributed by atoms with Crippen molar-refractivity contribution in [2.75, 3.05) is 34.2 Å². The van der Waals surface area contributed by atoms with Gasteiger partial charge in [-0.3, -0.25) is 0 Å². The van der Waals surface area contributed by atoms with Crippen molar-refractivity contribution >= 4 is 40.4 Å². The number of benzene rings is 2. The summed E-state index contributed by atoms with van der Waals surface area (Å²) in [6, 6.07) is 20.7. The Balaban J connectivity index is 0.000000179. The molecule has 2 aromatic rings.